The minimum absolute atomic E-state index is 0.606. The molecule has 2 unspecified atom stereocenters. The Morgan fingerprint density at radius 3 is 2.54 bits per heavy atom. The van der Waals surface area contributed by atoms with Crippen molar-refractivity contribution in [2.24, 2.45) is 11.8 Å². The lowest BCUT2D eigenvalue weighted by Gasteiger charge is -2.22. The van der Waals surface area contributed by atoms with Crippen molar-refractivity contribution in [2.45, 2.75) is 47.0 Å². The Kier molecular flexibility index (Phi) is 6.32. The van der Waals surface area contributed by atoms with Gasteiger partial charge in [-0.1, -0.05) is 31.9 Å². The summed E-state index contributed by atoms with van der Waals surface area (Å²) in [5, 5.41) is 8.55. The van der Waals surface area contributed by atoms with Crippen LogP contribution in [0.15, 0.2) is 11.6 Å². The Labute approximate surface area is 82.5 Å². The molecule has 1 nitrogen and oxygen atoms in total. The second-order valence-corrected chi connectivity index (χ2v) is 3.72. The molecule has 0 saturated heterocycles. The SMILES string of the molecule is CC=C(C)C(CCC#N)C(C)CC. The molecule has 0 aliphatic carbocycles. The minimum atomic E-state index is 0.606. The van der Waals surface area contributed by atoms with Gasteiger partial charge in [-0.25, -0.2) is 0 Å². The summed E-state index contributed by atoms with van der Waals surface area (Å²) in [6.07, 6.45) is 5.07. The molecule has 13 heavy (non-hydrogen) atoms. The fraction of sp³-hybridized carbons (Fsp3) is 0.750. The van der Waals surface area contributed by atoms with Crippen LogP contribution in [0.3, 0.4) is 0 Å². The number of hydrogen-bond donors (Lipinski definition) is 0. The van der Waals surface area contributed by atoms with Gasteiger partial charge in [-0.05, 0) is 32.1 Å². The van der Waals surface area contributed by atoms with Gasteiger partial charge in [0.15, 0.2) is 0 Å². The third-order valence-corrected chi connectivity index (χ3v) is 2.94. The van der Waals surface area contributed by atoms with E-state index in [2.05, 4.69) is 39.8 Å². The molecule has 0 saturated carbocycles. The number of nitrogens with zero attached hydrogens (tertiary/aromatic N) is 1. The van der Waals surface area contributed by atoms with Gasteiger partial charge in [0.25, 0.3) is 0 Å². The number of allylic oxidation sites excluding steroid dienone is 2. The quantitative estimate of drug-likeness (QED) is 0.587. The molecule has 0 rings (SSSR count). The molecule has 0 aromatic rings. The van der Waals surface area contributed by atoms with Crippen molar-refractivity contribution in [3.8, 4) is 6.07 Å². The van der Waals surface area contributed by atoms with Crippen molar-refractivity contribution >= 4 is 0 Å². The maximum atomic E-state index is 8.55. The Hall–Kier alpha value is -0.770. The van der Waals surface area contributed by atoms with Gasteiger partial charge in [0.05, 0.1) is 6.07 Å². The van der Waals surface area contributed by atoms with E-state index in [9.17, 15) is 0 Å². The average Bonchev–Trinajstić information content (AvgIpc) is 2.17. The standard InChI is InChI=1S/C12H21N/c1-5-10(3)12(8-7-9-13)11(4)6-2/h5,11-12H,6-8H2,1-4H3. The minimum Gasteiger partial charge on any atom is -0.198 e. The highest BCUT2D eigenvalue weighted by Gasteiger charge is 2.16. The maximum Gasteiger partial charge on any atom is 0.0621 e. The van der Waals surface area contributed by atoms with Gasteiger partial charge in [-0.3, -0.25) is 0 Å². The predicted octanol–water partition coefficient (Wildman–Crippen LogP) is 3.92. The highest BCUT2D eigenvalue weighted by Crippen LogP contribution is 2.27. The van der Waals surface area contributed by atoms with Crippen molar-refractivity contribution < 1.29 is 0 Å². The van der Waals surface area contributed by atoms with Crippen LogP contribution in [0.4, 0.5) is 0 Å². The summed E-state index contributed by atoms with van der Waals surface area (Å²) in [6.45, 7) is 8.74. The van der Waals surface area contributed by atoms with Gasteiger partial charge in [-0.15, -0.1) is 0 Å². The molecule has 0 bridgehead atoms. The molecule has 0 radical (unpaired) electrons. The fourth-order valence-electron chi connectivity index (χ4n) is 1.68. The summed E-state index contributed by atoms with van der Waals surface area (Å²) in [5.41, 5.74) is 1.43. The van der Waals surface area contributed by atoms with E-state index in [0.29, 0.717) is 18.3 Å². The summed E-state index contributed by atoms with van der Waals surface area (Å²) >= 11 is 0. The highest BCUT2D eigenvalue weighted by atomic mass is 14.3. The van der Waals surface area contributed by atoms with E-state index in [4.69, 9.17) is 5.26 Å². The van der Waals surface area contributed by atoms with Crippen LogP contribution in [-0.2, 0) is 0 Å². The van der Waals surface area contributed by atoms with Crippen molar-refractivity contribution in [3.05, 3.63) is 11.6 Å². The molecule has 0 N–H and O–H groups in total. The van der Waals surface area contributed by atoms with Gasteiger partial charge >= 0.3 is 0 Å². The molecule has 74 valence electrons. The summed E-state index contributed by atoms with van der Waals surface area (Å²) in [4.78, 5) is 0. The second-order valence-electron chi connectivity index (χ2n) is 3.72. The zero-order valence-electron chi connectivity index (χ0n) is 9.30. The molecule has 0 aliphatic rings. The van der Waals surface area contributed by atoms with E-state index < -0.39 is 0 Å². The van der Waals surface area contributed by atoms with Crippen LogP contribution in [0, 0.1) is 23.2 Å². The van der Waals surface area contributed by atoms with Crippen LogP contribution < -0.4 is 0 Å². The topological polar surface area (TPSA) is 23.8 Å². The Bertz CT molecular complexity index is 198. The number of rotatable bonds is 5. The van der Waals surface area contributed by atoms with Gasteiger partial charge in [0.1, 0.15) is 0 Å². The average molecular weight is 179 g/mol. The third kappa shape index (κ3) is 4.12. The molecular weight excluding hydrogens is 158 g/mol. The van der Waals surface area contributed by atoms with Gasteiger partial charge < -0.3 is 0 Å². The summed E-state index contributed by atoms with van der Waals surface area (Å²) in [5.74, 6) is 1.30. The first-order valence-electron chi connectivity index (χ1n) is 5.17. The summed E-state index contributed by atoms with van der Waals surface area (Å²) in [6, 6.07) is 2.23. The first kappa shape index (κ1) is 12.2. The molecule has 2 atom stereocenters. The Morgan fingerprint density at radius 1 is 1.54 bits per heavy atom. The zero-order chi connectivity index (χ0) is 10.3. The summed E-state index contributed by atoms with van der Waals surface area (Å²) in [7, 11) is 0. The first-order chi connectivity index (χ1) is 6.17. The van der Waals surface area contributed by atoms with Gasteiger partial charge in [0, 0.05) is 6.42 Å². The van der Waals surface area contributed by atoms with E-state index in [1.807, 2.05) is 0 Å². The van der Waals surface area contributed by atoms with Crippen molar-refractivity contribution in [1.29, 1.82) is 5.26 Å². The molecule has 1 heteroatoms. The Balaban J connectivity index is 4.29. The molecule has 0 fully saturated rings. The van der Waals surface area contributed by atoms with Crippen LogP contribution in [0.25, 0.3) is 0 Å². The molecule has 0 heterocycles. The highest BCUT2D eigenvalue weighted by molar-refractivity contribution is 5.03. The first-order valence-corrected chi connectivity index (χ1v) is 5.17. The lowest BCUT2D eigenvalue weighted by atomic mass is 9.83. The number of nitriles is 1. The van der Waals surface area contributed by atoms with E-state index in [-0.39, 0.29) is 0 Å². The van der Waals surface area contributed by atoms with Crippen molar-refractivity contribution in [1.82, 2.24) is 0 Å². The Morgan fingerprint density at radius 2 is 2.15 bits per heavy atom. The lowest BCUT2D eigenvalue weighted by molar-refractivity contribution is 0.378. The van der Waals surface area contributed by atoms with Crippen LogP contribution in [-0.4, -0.2) is 0 Å². The largest absolute Gasteiger partial charge is 0.198 e. The van der Waals surface area contributed by atoms with E-state index >= 15 is 0 Å². The van der Waals surface area contributed by atoms with E-state index in [0.717, 1.165) is 6.42 Å². The zero-order valence-corrected chi connectivity index (χ0v) is 9.30. The van der Waals surface area contributed by atoms with Gasteiger partial charge in [-0.2, -0.15) is 5.26 Å². The van der Waals surface area contributed by atoms with E-state index in [1.165, 1.54) is 12.0 Å². The third-order valence-electron chi connectivity index (χ3n) is 2.94. The fourth-order valence-corrected chi connectivity index (χ4v) is 1.68. The molecule has 0 spiro atoms. The molecule has 0 aliphatic heterocycles. The second kappa shape index (κ2) is 6.71. The maximum absolute atomic E-state index is 8.55. The van der Waals surface area contributed by atoms with Crippen LogP contribution in [0.1, 0.15) is 47.0 Å². The van der Waals surface area contributed by atoms with Crippen molar-refractivity contribution in [2.75, 3.05) is 0 Å². The van der Waals surface area contributed by atoms with Crippen LogP contribution in [0.5, 0.6) is 0 Å². The van der Waals surface area contributed by atoms with Crippen LogP contribution in [0.2, 0.25) is 0 Å². The summed E-state index contributed by atoms with van der Waals surface area (Å²) < 4.78 is 0. The molecule has 0 aromatic heterocycles. The molecular formula is C12H21N. The predicted molar refractivity (Wildman–Crippen MR) is 57.2 cm³/mol. The van der Waals surface area contributed by atoms with Gasteiger partial charge in [0.2, 0.25) is 0 Å². The smallest absolute Gasteiger partial charge is 0.0621 e. The molecule has 0 aromatic carbocycles. The normalized spacial score (nSPS) is 16.4. The lowest BCUT2D eigenvalue weighted by Crippen LogP contribution is -2.12. The van der Waals surface area contributed by atoms with Crippen molar-refractivity contribution in [3.63, 3.8) is 0 Å². The molecule has 0 amide bonds. The van der Waals surface area contributed by atoms with Crippen LogP contribution >= 0.6 is 0 Å². The monoisotopic (exact) mass is 179 g/mol. The number of hydrogen-bond acceptors (Lipinski definition) is 1. The van der Waals surface area contributed by atoms with E-state index in [1.54, 1.807) is 0 Å².